The third kappa shape index (κ3) is 3.73. The highest BCUT2D eigenvalue weighted by Gasteiger charge is 2.69. The summed E-state index contributed by atoms with van der Waals surface area (Å²) in [4.78, 5) is 14.0. The molecule has 182 valence electrons. The van der Waals surface area contributed by atoms with E-state index in [2.05, 4.69) is 23.6 Å². The molecule has 4 aliphatic heterocycles. The van der Waals surface area contributed by atoms with Crippen LogP contribution in [0.15, 0.2) is 4.63 Å². The van der Waals surface area contributed by atoms with Gasteiger partial charge < -0.3 is 19.4 Å². The Balaban J connectivity index is 1.24. The minimum Gasteiger partial charge on any atom is -0.358 e. The molecule has 5 heterocycles. The summed E-state index contributed by atoms with van der Waals surface area (Å²) < 4.78 is 23.5. The van der Waals surface area contributed by atoms with Crippen molar-refractivity contribution in [1.82, 2.24) is 10.1 Å². The summed E-state index contributed by atoms with van der Waals surface area (Å²) in [6.07, 6.45) is 2.97. The van der Waals surface area contributed by atoms with Gasteiger partial charge in [0.05, 0.1) is 13.2 Å². The molecular formula is C22H32N4O7. The Labute approximate surface area is 192 Å². The predicted octanol–water partition coefficient (Wildman–Crippen LogP) is 1.84. The first-order valence-corrected chi connectivity index (χ1v) is 11.8. The van der Waals surface area contributed by atoms with Gasteiger partial charge in [0.2, 0.25) is 5.79 Å². The summed E-state index contributed by atoms with van der Waals surface area (Å²) in [5.74, 6) is 0.346. The second-order valence-corrected chi connectivity index (χ2v) is 10.2. The van der Waals surface area contributed by atoms with Gasteiger partial charge in [0.1, 0.15) is 0 Å². The van der Waals surface area contributed by atoms with E-state index >= 15 is 0 Å². The molecule has 0 amide bonds. The van der Waals surface area contributed by atoms with Crippen LogP contribution < -0.4 is 4.90 Å². The molecule has 1 aromatic rings. The van der Waals surface area contributed by atoms with Gasteiger partial charge in [-0.15, -0.1) is 0 Å². The lowest BCUT2D eigenvalue weighted by Gasteiger charge is -2.60. The molecule has 0 radical (unpaired) electrons. The van der Waals surface area contributed by atoms with E-state index in [1.54, 1.807) is 0 Å². The molecule has 11 nitrogen and oxygen atoms in total. The van der Waals surface area contributed by atoms with Gasteiger partial charge in [-0.3, -0.25) is 9.53 Å². The van der Waals surface area contributed by atoms with Crippen LogP contribution in [0.1, 0.15) is 57.8 Å². The molecule has 1 aromatic heterocycles. The molecule has 0 N–H and O–H groups in total. The van der Waals surface area contributed by atoms with E-state index in [1.165, 1.54) is 0 Å². The van der Waals surface area contributed by atoms with E-state index in [4.69, 9.17) is 29.2 Å². The summed E-state index contributed by atoms with van der Waals surface area (Å²) in [6, 6.07) is 1.81. The summed E-state index contributed by atoms with van der Waals surface area (Å²) >= 11 is 0. The van der Waals surface area contributed by atoms with Gasteiger partial charge in [0.25, 0.3) is 11.4 Å². The molecule has 4 saturated heterocycles. The fourth-order valence-corrected chi connectivity index (χ4v) is 6.21. The molecule has 5 fully saturated rings. The second kappa shape index (κ2) is 8.45. The Bertz CT molecular complexity index is 921. The quantitative estimate of drug-likeness (QED) is 0.454. The van der Waals surface area contributed by atoms with E-state index in [-0.39, 0.29) is 22.4 Å². The summed E-state index contributed by atoms with van der Waals surface area (Å²) in [5, 5.41) is 24.1. The number of likely N-dealkylation sites (N-methyl/N-ethyl adjacent to an activating group) is 1. The zero-order valence-corrected chi connectivity index (χ0v) is 19.6. The molecule has 1 saturated carbocycles. The number of fused-ring (bicyclic) bond motifs is 2. The second-order valence-electron chi connectivity index (χ2n) is 10.2. The number of hydrogen-bond donors (Lipinski definition) is 0. The zero-order valence-electron chi connectivity index (χ0n) is 19.6. The Morgan fingerprint density at radius 3 is 2.88 bits per heavy atom. The first-order valence-electron chi connectivity index (χ1n) is 11.8. The number of ether oxygens (including phenoxy) is 3. The first kappa shape index (κ1) is 23.0. The molecule has 6 rings (SSSR count). The third-order valence-electron chi connectivity index (χ3n) is 8.06. The summed E-state index contributed by atoms with van der Waals surface area (Å²) in [5.41, 5.74) is -0.428. The highest BCUT2D eigenvalue weighted by Crippen LogP contribution is 2.60. The Hall–Kier alpha value is -1.81. The van der Waals surface area contributed by atoms with Crippen LogP contribution in [0.2, 0.25) is 0 Å². The fraction of sp³-hybridized carbons (Fsp3) is 0.864. The van der Waals surface area contributed by atoms with Crippen LogP contribution in [-0.2, 0) is 30.5 Å². The maximum absolute atomic E-state index is 11.4. The number of nitrogens with zero attached hydrogens (tertiary/aromatic N) is 4. The summed E-state index contributed by atoms with van der Waals surface area (Å²) in [6.45, 7) is 7.62. The molecule has 1 spiro atoms. The molecular weight excluding hydrogens is 432 g/mol. The van der Waals surface area contributed by atoms with E-state index in [0.717, 1.165) is 25.7 Å². The maximum Gasteiger partial charge on any atom is 0.299 e. The van der Waals surface area contributed by atoms with E-state index in [9.17, 15) is 5.21 Å². The van der Waals surface area contributed by atoms with Crippen molar-refractivity contribution in [2.24, 2.45) is 23.7 Å². The average molecular weight is 465 g/mol. The van der Waals surface area contributed by atoms with Crippen LogP contribution in [0, 0.1) is 40.2 Å². The molecule has 0 aromatic carbocycles. The largest absolute Gasteiger partial charge is 0.358 e. The van der Waals surface area contributed by atoms with Crippen LogP contribution in [-0.4, -0.2) is 54.2 Å². The first-order chi connectivity index (χ1) is 15.8. The Kier molecular flexibility index (Phi) is 5.87. The smallest absolute Gasteiger partial charge is 0.299 e. The average Bonchev–Trinajstić information content (AvgIpc) is 2.96. The lowest BCUT2D eigenvalue weighted by atomic mass is 9.58. The molecule has 2 bridgehead atoms. The van der Waals surface area contributed by atoms with Gasteiger partial charge in [-0.2, -0.15) is 5.26 Å². The molecule has 3 unspecified atom stereocenters. The minimum absolute atomic E-state index is 0.108. The van der Waals surface area contributed by atoms with Gasteiger partial charge in [-0.05, 0) is 50.0 Å². The zero-order chi connectivity index (χ0) is 23.4. The minimum atomic E-state index is -0.808. The number of rotatable bonds is 6. The molecule has 1 aliphatic carbocycles. The van der Waals surface area contributed by atoms with Crippen LogP contribution in [0.3, 0.4) is 0 Å². The van der Waals surface area contributed by atoms with Crippen molar-refractivity contribution in [3.8, 4) is 6.07 Å². The van der Waals surface area contributed by atoms with Crippen LogP contribution in [0.4, 0.5) is 0 Å². The number of aromatic nitrogens is 2. The predicted molar refractivity (Wildman–Crippen MR) is 109 cm³/mol. The van der Waals surface area contributed by atoms with E-state index in [1.807, 2.05) is 24.9 Å². The van der Waals surface area contributed by atoms with Crippen molar-refractivity contribution in [3.63, 3.8) is 0 Å². The SMILES string of the molecule is C[C@@H]1CCC2[C@@H](C)[C@@H](OCCN(C)Cc3no[n+]([O-])c3C#N)OC3O[C@]4(C)CCC1[C@]32OO4. The Morgan fingerprint density at radius 1 is 1.27 bits per heavy atom. The van der Waals surface area contributed by atoms with Crippen molar-refractivity contribution in [1.29, 1.82) is 5.26 Å². The highest BCUT2D eigenvalue weighted by atomic mass is 17.3. The number of hydrogen-bond acceptors (Lipinski definition) is 10. The Morgan fingerprint density at radius 2 is 2.09 bits per heavy atom. The normalized spacial score (nSPS) is 42.1. The maximum atomic E-state index is 11.4. The molecule has 33 heavy (non-hydrogen) atoms. The van der Waals surface area contributed by atoms with Crippen LogP contribution >= 0.6 is 0 Å². The lowest BCUT2D eigenvalue weighted by Crippen LogP contribution is -2.70. The van der Waals surface area contributed by atoms with Gasteiger partial charge >= 0.3 is 0 Å². The van der Waals surface area contributed by atoms with Crippen molar-refractivity contribution in [2.75, 3.05) is 20.2 Å². The molecule has 8 atom stereocenters. The van der Waals surface area contributed by atoms with Gasteiger partial charge in [0.15, 0.2) is 24.3 Å². The third-order valence-corrected chi connectivity index (χ3v) is 8.06. The monoisotopic (exact) mass is 464 g/mol. The van der Waals surface area contributed by atoms with Crippen molar-refractivity contribution in [2.45, 2.75) is 77.0 Å². The fourth-order valence-electron chi connectivity index (χ4n) is 6.21. The van der Waals surface area contributed by atoms with Gasteiger partial charge in [-0.1, -0.05) is 13.8 Å². The van der Waals surface area contributed by atoms with E-state index in [0.29, 0.717) is 37.2 Å². The lowest BCUT2D eigenvalue weighted by molar-refractivity contribution is -0.804. The highest BCUT2D eigenvalue weighted by molar-refractivity contribution is 5.18. The molecule has 11 heteroatoms. The van der Waals surface area contributed by atoms with E-state index < -0.39 is 24.0 Å². The van der Waals surface area contributed by atoms with Crippen LogP contribution in [0.25, 0.3) is 0 Å². The van der Waals surface area contributed by atoms with Crippen LogP contribution in [0.5, 0.6) is 0 Å². The van der Waals surface area contributed by atoms with Gasteiger partial charge in [0, 0.05) is 30.0 Å². The van der Waals surface area contributed by atoms with Gasteiger partial charge in [-0.25, -0.2) is 9.78 Å². The van der Waals surface area contributed by atoms with Crippen molar-refractivity contribution >= 4 is 0 Å². The van der Waals surface area contributed by atoms with Crippen molar-refractivity contribution in [3.05, 3.63) is 16.6 Å². The summed E-state index contributed by atoms with van der Waals surface area (Å²) in [7, 11) is 1.86. The standard InChI is InChI=1S/C22H32N4O7/c1-13-5-6-16-14(2)19(28-10-9-25(4)12-17-18(11-23)26(27)33-24-17)29-20-22(16)15(13)7-8-21(3,30-20)31-32-22/h13-16,19-20H,5-10,12H2,1-4H3/t13-,14-,15?,16?,19+,20?,21+,22-/m1/s1. The topological polar surface area (TPSA) is 126 Å². The number of nitriles is 1. The van der Waals surface area contributed by atoms with Crippen molar-refractivity contribution < 1.29 is 33.5 Å². The molecule has 5 aliphatic rings.